The van der Waals surface area contributed by atoms with Crippen LogP contribution in [0.5, 0.6) is 0 Å². The SMILES string of the molecule is O=C(c1ccc([S+]([O-])N2CCOC23CCNCC3)cc1)C(F)(F)F. The van der Waals surface area contributed by atoms with E-state index in [2.05, 4.69) is 5.32 Å². The standard InChI is InChI=1S/C15H17F3N2O3S/c16-15(17,18)13(21)11-1-3-12(4-2-11)24(22)20-9-10-23-14(20)5-7-19-8-6-14/h1-4,19H,5-10H2. The summed E-state index contributed by atoms with van der Waals surface area (Å²) in [6, 6.07) is 4.74. The molecule has 1 atom stereocenters. The van der Waals surface area contributed by atoms with E-state index in [-0.39, 0.29) is 0 Å². The van der Waals surface area contributed by atoms with Gasteiger partial charge in [-0.1, -0.05) is 4.31 Å². The van der Waals surface area contributed by atoms with Gasteiger partial charge in [-0.3, -0.25) is 4.79 Å². The summed E-state index contributed by atoms with van der Waals surface area (Å²) in [5.74, 6) is -1.90. The first-order valence-corrected chi connectivity index (χ1v) is 8.70. The topological polar surface area (TPSA) is 64.6 Å². The average Bonchev–Trinajstić information content (AvgIpc) is 2.96. The molecule has 132 valence electrons. The third-order valence-corrected chi connectivity index (χ3v) is 5.87. The highest BCUT2D eigenvalue weighted by molar-refractivity contribution is 7.89. The van der Waals surface area contributed by atoms with Gasteiger partial charge in [0.05, 0.1) is 24.5 Å². The molecule has 0 aromatic heterocycles. The highest BCUT2D eigenvalue weighted by atomic mass is 32.2. The van der Waals surface area contributed by atoms with E-state index in [1.54, 1.807) is 4.31 Å². The third kappa shape index (κ3) is 3.31. The van der Waals surface area contributed by atoms with Crippen molar-refractivity contribution in [1.29, 1.82) is 0 Å². The third-order valence-electron chi connectivity index (χ3n) is 4.28. The van der Waals surface area contributed by atoms with E-state index >= 15 is 0 Å². The van der Waals surface area contributed by atoms with Crippen LogP contribution in [0, 0.1) is 0 Å². The molecule has 0 amide bonds. The zero-order chi connectivity index (χ0) is 17.4. The number of nitrogens with one attached hydrogen (secondary N) is 1. The van der Waals surface area contributed by atoms with E-state index in [4.69, 9.17) is 4.74 Å². The molecule has 2 fully saturated rings. The van der Waals surface area contributed by atoms with Gasteiger partial charge in [0, 0.05) is 18.4 Å². The number of piperidine rings is 1. The first-order valence-electron chi connectivity index (χ1n) is 7.59. The number of nitrogens with zero attached hydrogens (tertiary/aromatic N) is 1. The van der Waals surface area contributed by atoms with Gasteiger partial charge >= 0.3 is 6.18 Å². The molecule has 2 aliphatic rings. The number of carbonyl (C=O) groups excluding carboxylic acids is 1. The number of rotatable bonds is 3. The van der Waals surface area contributed by atoms with E-state index in [0.717, 1.165) is 25.2 Å². The van der Waals surface area contributed by atoms with Gasteiger partial charge in [-0.15, -0.1) is 0 Å². The van der Waals surface area contributed by atoms with Crippen LogP contribution in [-0.2, 0) is 16.1 Å². The Kier molecular flexibility index (Phi) is 4.89. The van der Waals surface area contributed by atoms with Gasteiger partial charge in [0.15, 0.2) is 10.6 Å². The molecule has 1 spiro atoms. The summed E-state index contributed by atoms with van der Waals surface area (Å²) in [4.78, 5) is 11.6. The zero-order valence-corrected chi connectivity index (χ0v) is 13.6. The Hall–Kier alpha value is -1.13. The molecule has 3 rings (SSSR count). The Morgan fingerprint density at radius 3 is 2.46 bits per heavy atom. The Bertz CT molecular complexity index is 603. The lowest BCUT2D eigenvalue weighted by molar-refractivity contribution is -0.0885. The quantitative estimate of drug-likeness (QED) is 0.657. The van der Waals surface area contributed by atoms with Crippen molar-refractivity contribution in [3.63, 3.8) is 0 Å². The van der Waals surface area contributed by atoms with Crippen LogP contribution in [0.2, 0.25) is 0 Å². The predicted molar refractivity (Wildman–Crippen MR) is 80.7 cm³/mol. The van der Waals surface area contributed by atoms with Gasteiger partial charge in [0.2, 0.25) is 0 Å². The van der Waals surface area contributed by atoms with Crippen molar-refractivity contribution in [3.8, 4) is 0 Å². The van der Waals surface area contributed by atoms with Crippen molar-refractivity contribution in [1.82, 2.24) is 9.62 Å². The highest BCUT2D eigenvalue weighted by Crippen LogP contribution is 2.36. The maximum atomic E-state index is 12.8. The van der Waals surface area contributed by atoms with Crippen LogP contribution in [0.1, 0.15) is 23.2 Å². The molecule has 2 heterocycles. The smallest absolute Gasteiger partial charge is 0.454 e. The molecule has 5 nitrogen and oxygen atoms in total. The predicted octanol–water partition coefficient (Wildman–Crippen LogP) is 1.87. The molecular formula is C15H17F3N2O3S. The van der Waals surface area contributed by atoms with Crippen molar-refractivity contribution < 1.29 is 27.3 Å². The Morgan fingerprint density at radius 2 is 1.88 bits per heavy atom. The van der Waals surface area contributed by atoms with Crippen molar-refractivity contribution >= 4 is 17.1 Å². The van der Waals surface area contributed by atoms with Crippen LogP contribution >= 0.6 is 0 Å². The van der Waals surface area contributed by atoms with Gasteiger partial charge in [-0.2, -0.15) is 13.2 Å². The summed E-state index contributed by atoms with van der Waals surface area (Å²) in [6.45, 7) is 2.48. The van der Waals surface area contributed by atoms with Crippen molar-refractivity contribution in [2.75, 3.05) is 26.2 Å². The van der Waals surface area contributed by atoms with Crippen LogP contribution in [0.4, 0.5) is 13.2 Å². The van der Waals surface area contributed by atoms with Gasteiger partial charge < -0.3 is 14.6 Å². The number of ether oxygens (including phenoxy) is 1. The molecule has 1 unspecified atom stereocenters. The lowest BCUT2D eigenvalue weighted by atomic mass is 10.0. The average molecular weight is 362 g/mol. The normalized spacial score (nSPS) is 22.7. The van der Waals surface area contributed by atoms with Crippen molar-refractivity contribution in [3.05, 3.63) is 29.8 Å². The van der Waals surface area contributed by atoms with Gasteiger partial charge in [-0.25, -0.2) is 0 Å². The van der Waals surface area contributed by atoms with Gasteiger partial charge in [-0.05, 0) is 37.4 Å². The van der Waals surface area contributed by atoms with E-state index in [9.17, 15) is 22.5 Å². The zero-order valence-electron chi connectivity index (χ0n) is 12.8. The highest BCUT2D eigenvalue weighted by Gasteiger charge is 2.50. The molecule has 0 bridgehead atoms. The molecule has 1 aromatic rings. The lowest BCUT2D eigenvalue weighted by Crippen LogP contribution is -2.53. The van der Waals surface area contributed by atoms with Gasteiger partial charge in [0.25, 0.3) is 5.78 Å². The second kappa shape index (κ2) is 6.64. The first-order chi connectivity index (χ1) is 11.3. The first kappa shape index (κ1) is 17.7. The minimum Gasteiger partial charge on any atom is -0.593 e. The minimum atomic E-state index is -4.91. The fourth-order valence-corrected chi connectivity index (χ4v) is 4.45. The van der Waals surface area contributed by atoms with E-state index in [1.807, 2.05) is 0 Å². The summed E-state index contributed by atoms with van der Waals surface area (Å²) in [5.41, 5.74) is -1.05. The number of ketones is 1. The summed E-state index contributed by atoms with van der Waals surface area (Å²) in [7, 11) is 0. The van der Waals surface area contributed by atoms with E-state index in [0.29, 0.717) is 30.9 Å². The largest absolute Gasteiger partial charge is 0.593 e. The summed E-state index contributed by atoms with van der Waals surface area (Å²) < 4.78 is 57.7. The van der Waals surface area contributed by atoms with Crippen LogP contribution in [0.15, 0.2) is 29.2 Å². The van der Waals surface area contributed by atoms with E-state index in [1.165, 1.54) is 12.1 Å². The Labute approximate surface area is 140 Å². The molecule has 24 heavy (non-hydrogen) atoms. The molecule has 1 N–H and O–H groups in total. The molecule has 2 saturated heterocycles. The van der Waals surface area contributed by atoms with Crippen molar-refractivity contribution in [2.45, 2.75) is 29.6 Å². The maximum Gasteiger partial charge on any atom is 0.454 e. The van der Waals surface area contributed by atoms with E-state index < -0.39 is 34.6 Å². The van der Waals surface area contributed by atoms with Crippen LogP contribution in [-0.4, -0.2) is 52.8 Å². The number of halogens is 3. The number of benzene rings is 1. The molecule has 0 aliphatic carbocycles. The molecule has 0 radical (unpaired) electrons. The number of hydrogen-bond donors (Lipinski definition) is 1. The molecule has 1 aromatic carbocycles. The fraction of sp³-hybridized carbons (Fsp3) is 0.533. The summed E-state index contributed by atoms with van der Waals surface area (Å²) >= 11 is -1.55. The van der Waals surface area contributed by atoms with Gasteiger partial charge in [0.1, 0.15) is 0 Å². The second-order valence-corrected chi connectivity index (χ2v) is 7.16. The number of Topliss-reactive ketones (excluding diaryl/α,β-unsaturated/α-hetero) is 1. The summed E-state index contributed by atoms with van der Waals surface area (Å²) in [5, 5.41) is 3.22. The molecule has 2 aliphatic heterocycles. The monoisotopic (exact) mass is 362 g/mol. The second-order valence-electron chi connectivity index (χ2n) is 5.75. The lowest BCUT2D eigenvalue weighted by Gasteiger charge is -2.38. The van der Waals surface area contributed by atoms with Crippen LogP contribution in [0.25, 0.3) is 0 Å². The number of hydrogen-bond acceptors (Lipinski definition) is 5. The minimum absolute atomic E-state index is 0.358. The number of alkyl halides is 3. The van der Waals surface area contributed by atoms with Crippen LogP contribution in [0.3, 0.4) is 0 Å². The van der Waals surface area contributed by atoms with Crippen LogP contribution < -0.4 is 5.32 Å². The molecule has 9 heteroatoms. The fourth-order valence-electron chi connectivity index (χ4n) is 3.05. The molecular weight excluding hydrogens is 345 g/mol. The number of carbonyl (C=O) groups is 1. The Balaban J connectivity index is 1.77. The maximum absolute atomic E-state index is 12.8. The molecule has 0 saturated carbocycles. The van der Waals surface area contributed by atoms with Crippen molar-refractivity contribution in [2.24, 2.45) is 0 Å². The Morgan fingerprint density at radius 1 is 1.25 bits per heavy atom. The summed E-state index contributed by atoms with van der Waals surface area (Å²) in [6.07, 6.45) is -3.52.